The average molecular weight is 455 g/mol. The van der Waals surface area contributed by atoms with E-state index in [1.165, 1.54) is 11.8 Å². The number of thioether (sulfide) groups is 1. The predicted molar refractivity (Wildman–Crippen MR) is 129 cm³/mol. The van der Waals surface area contributed by atoms with Crippen LogP contribution in [0.3, 0.4) is 0 Å². The summed E-state index contributed by atoms with van der Waals surface area (Å²) in [5.41, 5.74) is 5.39. The summed E-state index contributed by atoms with van der Waals surface area (Å²) >= 11 is 1.48. The number of oxazole rings is 1. The molecule has 5 rings (SSSR count). The van der Waals surface area contributed by atoms with E-state index >= 15 is 0 Å². The van der Waals surface area contributed by atoms with Gasteiger partial charge < -0.3 is 9.73 Å². The number of aromatic nitrogens is 3. The number of carbonyl (C=O) groups excluding carboxylic acids is 1. The Labute approximate surface area is 195 Å². The van der Waals surface area contributed by atoms with Crippen LogP contribution in [-0.2, 0) is 18.8 Å². The van der Waals surface area contributed by atoms with Crippen molar-refractivity contribution in [3.63, 3.8) is 0 Å². The van der Waals surface area contributed by atoms with Gasteiger partial charge in [0.1, 0.15) is 5.52 Å². The van der Waals surface area contributed by atoms with E-state index in [1.807, 2.05) is 83.7 Å². The van der Waals surface area contributed by atoms with Gasteiger partial charge in [0.15, 0.2) is 5.58 Å². The van der Waals surface area contributed by atoms with Gasteiger partial charge in [-0.1, -0.05) is 66.4 Å². The Bertz CT molecular complexity index is 1350. The van der Waals surface area contributed by atoms with Gasteiger partial charge in [0.05, 0.1) is 6.54 Å². The largest absolute Gasteiger partial charge is 0.431 e. The smallest absolute Gasteiger partial charge is 0.257 e. The van der Waals surface area contributed by atoms with Crippen molar-refractivity contribution in [2.75, 3.05) is 0 Å². The maximum absolute atomic E-state index is 13.0. The molecule has 0 unspecified atom stereocenters. The van der Waals surface area contributed by atoms with Crippen molar-refractivity contribution in [1.82, 2.24) is 20.1 Å². The first-order chi connectivity index (χ1) is 16.3. The Morgan fingerprint density at radius 3 is 2.48 bits per heavy atom. The van der Waals surface area contributed by atoms with E-state index < -0.39 is 0 Å². The molecule has 1 amide bonds. The molecule has 0 radical (unpaired) electrons. The van der Waals surface area contributed by atoms with Crippen LogP contribution in [0.2, 0.25) is 0 Å². The van der Waals surface area contributed by atoms with Gasteiger partial charge in [-0.15, -0.1) is 0 Å². The molecule has 7 heteroatoms. The Morgan fingerprint density at radius 1 is 0.909 bits per heavy atom. The first kappa shape index (κ1) is 21.0. The minimum atomic E-state index is -0.0994. The third-order valence-corrected chi connectivity index (χ3v) is 6.21. The minimum absolute atomic E-state index is 0.0994. The maximum atomic E-state index is 13.0. The summed E-state index contributed by atoms with van der Waals surface area (Å²) in [6, 6.07) is 25.3. The number of benzene rings is 3. The van der Waals surface area contributed by atoms with E-state index in [9.17, 15) is 4.79 Å². The molecule has 1 N–H and O–H groups in total. The molecule has 0 bridgehead atoms. The number of hydrogen-bond acceptors (Lipinski definition) is 5. The Balaban J connectivity index is 1.26. The highest BCUT2D eigenvalue weighted by molar-refractivity contribution is 7.98. The van der Waals surface area contributed by atoms with Crippen LogP contribution < -0.4 is 5.32 Å². The molecule has 0 saturated heterocycles. The Hall–Kier alpha value is -3.84. The van der Waals surface area contributed by atoms with E-state index in [2.05, 4.69) is 21.5 Å². The van der Waals surface area contributed by atoms with Crippen LogP contribution in [0, 0.1) is 0 Å². The topological polar surface area (TPSA) is 73.0 Å². The second kappa shape index (κ2) is 9.75. The zero-order chi connectivity index (χ0) is 22.5. The fourth-order valence-corrected chi connectivity index (χ4v) is 4.49. The van der Waals surface area contributed by atoms with Crippen molar-refractivity contribution < 1.29 is 9.21 Å². The molecule has 3 aromatic carbocycles. The number of fused-ring (bicyclic) bond motifs is 1. The van der Waals surface area contributed by atoms with Gasteiger partial charge in [-0.05, 0) is 41.0 Å². The Kier molecular flexibility index (Phi) is 6.21. The SMILES string of the molecule is O=C(NCc1ccccc1Cn1cccn1)c1ccccc1CSc1nc2ccccc2o1. The number of carbonyl (C=O) groups is 1. The third-order valence-electron chi connectivity index (χ3n) is 5.34. The molecule has 0 atom stereocenters. The molecule has 0 spiro atoms. The molecule has 6 nitrogen and oxygen atoms in total. The number of para-hydroxylation sites is 2. The van der Waals surface area contributed by atoms with Crippen LogP contribution in [0.15, 0.2) is 101 Å². The fraction of sp³-hybridized carbons (Fsp3) is 0.115. The molecule has 0 saturated carbocycles. The lowest BCUT2D eigenvalue weighted by molar-refractivity contribution is 0.0950. The molecular weight excluding hydrogens is 432 g/mol. The van der Waals surface area contributed by atoms with Crippen LogP contribution in [0.5, 0.6) is 0 Å². The van der Waals surface area contributed by atoms with Crippen LogP contribution in [0.4, 0.5) is 0 Å². The molecule has 2 aromatic heterocycles. The van der Waals surface area contributed by atoms with Gasteiger partial charge in [-0.3, -0.25) is 9.48 Å². The molecular formula is C26H22N4O2S. The van der Waals surface area contributed by atoms with Gasteiger partial charge in [0.2, 0.25) is 0 Å². The zero-order valence-electron chi connectivity index (χ0n) is 17.8. The van der Waals surface area contributed by atoms with Crippen molar-refractivity contribution in [2.24, 2.45) is 0 Å². The van der Waals surface area contributed by atoms with Gasteiger partial charge in [0.25, 0.3) is 11.1 Å². The van der Waals surface area contributed by atoms with E-state index in [4.69, 9.17) is 4.42 Å². The summed E-state index contributed by atoms with van der Waals surface area (Å²) in [5.74, 6) is 0.490. The number of amides is 1. The summed E-state index contributed by atoms with van der Waals surface area (Å²) in [7, 11) is 0. The van der Waals surface area contributed by atoms with Crippen LogP contribution in [0.1, 0.15) is 27.0 Å². The number of rotatable bonds is 8. The zero-order valence-corrected chi connectivity index (χ0v) is 18.7. The average Bonchev–Trinajstić information content (AvgIpc) is 3.51. The molecule has 0 aliphatic rings. The van der Waals surface area contributed by atoms with E-state index in [1.54, 1.807) is 6.20 Å². The summed E-state index contributed by atoms with van der Waals surface area (Å²) in [5, 5.41) is 7.96. The number of nitrogens with one attached hydrogen (secondary N) is 1. The fourth-order valence-electron chi connectivity index (χ4n) is 3.64. The van der Waals surface area contributed by atoms with Gasteiger partial charge in [-0.25, -0.2) is 4.98 Å². The quantitative estimate of drug-likeness (QED) is 0.322. The molecule has 0 fully saturated rings. The monoisotopic (exact) mass is 454 g/mol. The van der Waals surface area contributed by atoms with E-state index in [0.29, 0.717) is 29.6 Å². The molecule has 164 valence electrons. The molecule has 0 aliphatic heterocycles. The second-order valence-electron chi connectivity index (χ2n) is 7.55. The van der Waals surface area contributed by atoms with Crippen LogP contribution in [-0.4, -0.2) is 20.7 Å². The summed E-state index contributed by atoms with van der Waals surface area (Å²) in [4.78, 5) is 17.5. The predicted octanol–water partition coefficient (Wildman–Crippen LogP) is 5.29. The van der Waals surface area contributed by atoms with Gasteiger partial charge in [0, 0.05) is 30.3 Å². The van der Waals surface area contributed by atoms with E-state index in [0.717, 1.165) is 27.8 Å². The summed E-state index contributed by atoms with van der Waals surface area (Å²) in [6.07, 6.45) is 3.69. The highest BCUT2D eigenvalue weighted by atomic mass is 32.2. The van der Waals surface area contributed by atoms with E-state index in [-0.39, 0.29) is 5.91 Å². The van der Waals surface area contributed by atoms with Crippen LogP contribution in [0.25, 0.3) is 11.1 Å². The van der Waals surface area contributed by atoms with Crippen molar-refractivity contribution in [2.45, 2.75) is 24.1 Å². The molecule has 0 aliphatic carbocycles. The highest BCUT2D eigenvalue weighted by Gasteiger charge is 2.14. The lowest BCUT2D eigenvalue weighted by Crippen LogP contribution is -2.24. The first-order valence-corrected chi connectivity index (χ1v) is 11.6. The normalized spacial score (nSPS) is 11.0. The maximum Gasteiger partial charge on any atom is 0.257 e. The molecule has 5 aromatic rings. The Morgan fingerprint density at radius 2 is 1.67 bits per heavy atom. The van der Waals surface area contributed by atoms with Gasteiger partial charge >= 0.3 is 0 Å². The van der Waals surface area contributed by atoms with Crippen molar-refractivity contribution in [3.05, 3.63) is 114 Å². The lowest BCUT2D eigenvalue weighted by Gasteiger charge is -2.12. The minimum Gasteiger partial charge on any atom is -0.431 e. The highest BCUT2D eigenvalue weighted by Crippen LogP contribution is 2.27. The van der Waals surface area contributed by atoms with Crippen molar-refractivity contribution in [3.8, 4) is 0 Å². The first-order valence-electron chi connectivity index (χ1n) is 10.6. The van der Waals surface area contributed by atoms with Crippen molar-refractivity contribution in [1.29, 1.82) is 0 Å². The van der Waals surface area contributed by atoms with Crippen LogP contribution >= 0.6 is 11.8 Å². The molecule has 2 heterocycles. The second-order valence-corrected chi connectivity index (χ2v) is 8.47. The standard InChI is InChI=1S/C26H22N4O2S/c31-25(27-16-19-8-1-2-9-20(19)17-30-15-7-14-28-30)22-11-4-3-10-21(22)18-33-26-29-23-12-5-6-13-24(23)32-26/h1-15H,16-18H2,(H,27,31). The van der Waals surface area contributed by atoms with Gasteiger partial charge in [-0.2, -0.15) is 5.10 Å². The summed E-state index contributed by atoms with van der Waals surface area (Å²) < 4.78 is 7.67. The summed E-state index contributed by atoms with van der Waals surface area (Å²) in [6.45, 7) is 1.11. The molecule has 33 heavy (non-hydrogen) atoms. The number of hydrogen-bond donors (Lipinski definition) is 1. The lowest BCUT2D eigenvalue weighted by atomic mass is 10.1. The number of nitrogens with zero attached hydrogens (tertiary/aromatic N) is 3. The van der Waals surface area contributed by atoms with Crippen molar-refractivity contribution >= 4 is 28.8 Å². The third kappa shape index (κ3) is 4.99.